The van der Waals surface area contributed by atoms with Crippen molar-refractivity contribution in [3.63, 3.8) is 0 Å². The zero-order chi connectivity index (χ0) is 16.0. The van der Waals surface area contributed by atoms with Crippen LogP contribution in [0.3, 0.4) is 0 Å². The smallest absolute Gasteiger partial charge is 0.240 e. The molecule has 0 heterocycles. The molecule has 0 saturated heterocycles. The number of hydrogen-bond acceptors (Lipinski definition) is 3. The highest BCUT2D eigenvalue weighted by molar-refractivity contribution is 7.89. The monoisotopic (exact) mass is 318 g/mol. The summed E-state index contributed by atoms with van der Waals surface area (Å²) in [5.74, 6) is -0.157. The van der Waals surface area contributed by atoms with Gasteiger partial charge in [0, 0.05) is 20.0 Å². The van der Waals surface area contributed by atoms with Crippen molar-refractivity contribution in [2.45, 2.75) is 24.9 Å². The number of nitrogens with one attached hydrogen (secondary N) is 2. The van der Waals surface area contributed by atoms with E-state index in [1.54, 1.807) is 18.2 Å². The maximum Gasteiger partial charge on any atom is 0.240 e. The summed E-state index contributed by atoms with van der Waals surface area (Å²) < 4.78 is 27.2. The van der Waals surface area contributed by atoms with Crippen LogP contribution in [0.2, 0.25) is 0 Å². The van der Waals surface area contributed by atoms with Gasteiger partial charge < -0.3 is 5.32 Å². The maximum atomic E-state index is 12.3. The van der Waals surface area contributed by atoms with Crippen molar-refractivity contribution in [2.75, 3.05) is 0 Å². The van der Waals surface area contributed by atoms with Gasteiger partial charge in [0.05, 0.1) is 4.90 Å². The summed E-state index contributed by atoms with van der Waals surface area (Å²) in [6.45, 7) is 1.96. The Kier molecular flexibility index (Phi) is 5.30. The van der Waals surface area contributed by atoms with E-state index in [-0.39, 0.29) is 17.3 Å². The van der Waals surface area contributed by atoms with E-state index < -0.39 is 10.0 Å². The maximum absolute atomic E-state index is 12.3. The third-order valence-electron chi connectivity index (χ3n) is 3.06. The summed E-state index contributed by atoms with van der Waals surface area (Å²) in [7, 11) is -3.58. The molecule has 2 aromatic carbocycles. The van der Waals surface area contributed by atoms with E-state index in [1.807, 2.05) is 30.3 Å². The lowest BCUT2D eigenvalue weighted by Crippen LogP contribution is -2.24. The normalized spacial score (nSPS) is 11.1. The molecule has 0 unspecified atom stereocenters. The summed E-state index contributed by atoms with van der Waals surface area (Å²) >= 11 is 0. The molecule has 0 bridgehead atoms. The summed E-state index contributed by atoms with van der Waals surface area (Å²) in [4.78, 5) is 11.1. The molecule has 0 aliphatic carbocycles. The number of carbonyl (C=O) groups excluding carboxylic acids is 1. The number of benzene rings is 2. The van der Waals surface area contributed by atoms with Crippen molar-refractivity contribution in [3.8, 4) is 0 Å². The Hall–Kier alpha value is -2.18. The largest absolute Gasteiger partial charge is 0.352 e. The van der Waals surface area contributed by atoms with Crippen molar-refractivity contribution >= 4 is 15.9 Å². The van der Waals surface area contributed by atoms with E-state index in [0.29, 0.717) is 6.54 Å². The Morgan fingerprint density at radius 1 is 0.955 bits per heavy atom. The number of carbonyl (C=O) groups is 1. The Balaban J connectivity index is 2.08. The van der Waals surface area contributed by atoms with Crippen LogP contribution in [0, 0.1) is 0 Å². The molecule has 2 rings (SSSR count). The average molecular weight is 318 g/mol. The van der Waals surface area contributed by atoms with Gasteiger partial charge in [-0.25, -0.2) is 13.1 Å². The molecule has 5 nitrogen and oxygen atoms in total. The molecule has 0 atom stereocenters. The van der Waals surface area contributed by atoms with Gasteiger partial charge in [0.1, 0.15) is 0 Å². The molecule has 0 saturated carbocycles. The van der Waals surface area contributed by atoms with Gasteiger partial charge in [-0.2, -0.15) is 0 Å². The second-order valence-corrected chi connectivity index (χ2v) is 6.63. The molecule has 116 valence electrons. The van der Waals surface area contributed by atoms with Crippen molar-refractivity contribution in [2.24, 2.45) is 0 Å². The molecule has 6 heteroatoms. The zero-order valence-corrected chi connectivity index (χ0v) is 13.1. The standard InChI is InChI=1S/C16H18N2O3S/c1-13(19)17-11-15-8-5-9-16(10-15)22(20,21)18-12-14-6-3-2-4-7-14/h2-10,18H,11-12H2,1H3,(H,17,19). The van der Waals surface area contributed by atoms with Crippen molar-refractivity contribution < 1.29 is 13.2 Å². The predicted octanol–water partition coefficient (Wildman–Crippen LogP) is 1.80. The van der Waals surface area contributed by atoms with E-state index in [1.165, 1.54) is 13.0 Å². The highest BCUT2D eigenvalue weighted by atomic mass is 32.2. The lowest BCUT2D eigenvalue weighted by atomic mass is 10.2. The second-order valence-electron chi connectivity index (χ2n) is 4.87. The van der Waals surface area contributed by atoms with Gasteiger partial charge in [-0.15, -0.1) is 0 Å². The molecule has 0 aromatic heterocycles. The van der Waals surface area contributed by atoms with Gasteiger partial charge >= 0.3 is 0 Å². The molecule has 1 amide bonds. The van der Waals surface area contributed by atoms with E-state index in [9.17, 15) is 13.2 Å². The third kappa shape index (κ3) is 4.68. The van der Waals surface area contributed by atoms with E-state index in [0.717, 1.165) is 11.1 Å². The molecule has 2 N–H and O–H groups in total. The fraction of sp³-hybridized carbons (Fsp3) is 0.188. The van der Waals surface area contributed by atoms with E-state index in [4.69, 9.17) is 0 Å². The van der Waals surface area contributed by atoms with Crippen LogP contribution in [0.1, 0.15) is 18.1 Å². The minimum absolute atomic E-state index is 0.157. The Bertz CT molecular complexity index is 743. The van der Waals surface area contributed by atoms with Gasteiger partial charge in [0.2, 0.25) is 15.9 Å². The van der Waals surface area contributed by atoms with Crippen LogP contribution < -0.4 is 10.0 Å². The van der Waals surface area contributed by atoms with E-state index >= 15 is 0 Å². The Morgan fingerprint density at radius 3 is 2.32 bits per heavy atom. The minimum Gasteiger partial charge on any atom is -0.352 e. The fourth-order valence-corrected chi connectivity index (χ4v) is 2.99. The average Bonchev–Trinajstić information content (AvgIpc) is 2.52. The molecular formula is C16H18N2O3S. The van der Waals surface area contributed by atoms with Crippen molar-refractivity contribution in [3.05, 3.63) is 65.7 Å². The molecule has 22 heavy (non-hydrogen) atoms. The predicted molar refractivity (Wildman–Crippen MR) is 84.4 cm³/mol. The zero-order valence-electron chi connectivity index (χ0n) is 12.2. The quantitative estimate of drug-likeness (QED) is 0.853. The first-order valence-corrected chi connectivity index (χ1v) is 8.33. The molecule has 0 aliphatic heterocycles. The lowest BCUT2D eigenvalue weighted by Gasteiger charge is -2.09. The highest BCUT2D eigenvalue weighted by Gasteiger charge is 2.14. The number of rotatable bonds is 6. The first-order valence-electron chi connectivity index (χ1n) is 6.84. The summed E-state index contributed by atoms with van der Waals surface area (Å²) in [5.41, 5.74) is 1.62. The molecule has 0 aliphatic rings. The highest BCUT2D eigenvalue weighted by Crippen LogP contribution is 2.12. The van der Waals surface area contributed by atoms with Crippen LogP contribution >= 0.6 is 0 Å². The van der Waals surface area contributed by atoms with Crippen molar-refractivity contribution in [1.29, 1.82) is 0 Å². The van der Waals surface area contributed by atoms with Crippen LogP contribution in [-0.2, 0) is 27.9 Å². The van der Waals surface area contributed by atoms with Gasteiger partial charge in [-0.1, -0.05) is 42.5 Å². The van der Waals surface area contributed by atoms with Crippen LogP contribution in [0.25, 0.3) is 0 Å². The minimum atomic E-state index is -3.58. The third-order valence-corrected chi connectivity index (χ3v) is 4.46. The van der Waals surface area contributed by atoms with Crippen molar-refractivity contribution in [1.82, 2.24) is 10.0 Å². The van der Waals surface area contributed by atoms with Crippen LogP contribution in [0.15, 0.2) is 59.5 Å². The van der Waals surface area contributed by atoms with E-state index in [2.05, 4.69) is 10.0 Å². The molecule has 0 radical (unpaired) electrons. The van der Waals surface area contributed by atoms with Gasteiger partial charge in [-0.05, 0) is 23.3 Å². The Morgan fingerprint density at radius 2 is 1.64 bits per heavy atom. The van der Waals surface area contributed by atoms with Gasteiger partial charge in [0.25, 0.3) is 0 Å². The number of amides is 1. The number of hydrogen-bond donors (Lipinski definition) is 2. The molecule has 0 fully saturated rings. The molecule has 0 spiro atoms. The van der Waals surface area contributed by atoms with Gasteiger partial charge in [0.15, 0.2) is 0 Å². The first-order chi connectivity index (χ1) is 10.5. The SMILES string of the molecule is CC(=O)NCc1cccc(S(=O)(=O)NCc2ccccc2)c1. The fourth-order valence-electron chi connectivity index (χ4n) is 1.91. The topological polar surface area (TPSA) is 75.3 Å². The molecule has 2 aromatic rings. The molecular weight excluding hydrogens is 300 g/mol. The summed E-state index contributed by atoms with van der Waals surface area (Å²) in [6.07, 6.45) is 0. The van der Waals surface area contributed by atoms with Gasteiger partial charge in [-0.3, -0.25) is 4.79 Å². The van der Waals surface area contributed by atoms with Crippen LogP contribution in [0.4, 0.5) is 0 Å². The second kappa shape index (κ2) is 7.20. The summed E-state index contributed by atoms with van der Waals surface area (Å²) in [6, 6.07) is 15.8. The number of sulfonamides is 1. The Labute approximate surface area is 130 Å². The van der Waals surface area contributed by atoms with Crippen LogP contribution in [-0.4, -0.2) is 14.3 Å². The van der Waals surface area contributed by atoms with Crippen LogP contribution in [0.5, 0.6) is 0 Å². The lowest BCUT2D eigenvalue weighted by molar-refractivity contribution is -0.119. The summed E-state index contributed by atoms with van der Waals surface area (Å²) in [5, 5.41) is 2.64. The first kappa shape index (κ1) is 16.2.